The fraction of sp³-hybridized carbons (Fsp3) is 0.212. The summed E-state index contributed by atoms with van der Waals surface area (Å²) in [5.74, 6) is -3.05. The van der Waals surface area contributed by atoms with Crippen LogP contribution < -0.4 is 10.6 Å². The quantitative estimate of drug-likeness (QED) is 0.176. The molecule has 0 saturated carbocycles. The molecule has 0 aliphatic heterocycles. The molecule has 0 radical (unpaired) electrons. The van der Waals surface area contributed by atoms with Crippen LogP contribution >= 0.6 is 0 Å². The van der Waals surface area contributed by atoms with E-state index in [1.807, 2.05) is 0 Å². The van der Waals surface area contributed by atoms with Gasteiger partial charge in [0.1, 0.15) is 23.3 Å². The Morgan fingerprint density at radius 2 is 1.77 bits per heavy atom. The van der Waals surface area contributed by atoms with Gasteiger partial charge in [0.05, 0.1) is 23.0 Å². The molecule has 242 valence electrons. The van der Waals surface area contributed by atoms with Crippen molar-refractivity contribution in [2.75, 3.05) is 5.32 Å². The Balaban J connectivity index is 1.23. The monoisotopic (exact) mass is 644 g/mol. The summed E-state index contributed by atoms with van der Waals surface area (Å²) in [5.41, 5.74) is 1.68. The summed E-state index contributed by atoms with van der Waals surface area (Å²) in [6, 6.07) is 13.5. The lowest BCUT2D eigenvalue weighted by Gasteiger charge is -2.19. The Bertz CT molecular complexity index is 1950. The number of hydrogen-bond donors (Lipinski definition) is 3. The van der Waals surface area contributed by atoms with Crippen molar-refractivity contribution in [3.05, 3.63) is 101 Å². The number of hydrogen-bond acceptors (Lipinski definition) is 8. The van der Waals surface area contributed by atoms with Crippen molar-refractivity contribution in [1.82, 2.24) is 25.2 Å². The van der Waals surface area contributed by atoms with Crippen molar-refractivity contribution in [3.8, 4) is 28.5 Å². The third kappa shape index (κ3) is 8.03. The Morgan fingerprint density at radius 1 is 1.02 bits per heavy atom. The van der Waals surface area contributed by atoms with Crippen LogP contribution in [0.15, 0.2) is 77.6 Å². The summed E-state index contributed by atoms with van der Waals surface area (Å²) >= 11 is 0. The van der Waals surface area contributed by atoms with Crippen LogP contribution in [0.3, 0.4) is 0 Å². The van der Waals surface area contributed by atoms with Crippen LogP contribution in [0.2, 0.25) is 0 Å². The van der Waals surface area contributed by atoms with Gasteiger partial charge in [-0.25, -0.2) is 23.1 Å². The Hall–Kier alpha value is -5.92. The van der Waals surface area contributed by atoms with Crippen LogP contribution in [-0.4, -0.2) is 54.6 Å². The molecule has 47 heavy (non-hydrogen) atoms. The minimum Gasteiger partial charge on any atom is -0.480 e. The van der Waals surface area contributed by atoms with Gasteiger partial charge in [0, 0.05) is 23.9 Å². The highest BCUT2D eigenvalue weighted by molar-refractivity contribution is 5.96. The van der Waals surface area contributed by atoms with Gasteiger partial charge in [-0.2, -0.15) is 10.1 Å². The molecule has 5 aromatic rings. The number of rotatable bonds is 9. The minimum absolute atomic E-state index is 0.0197. The minimum atomic E-state index is -1.38. The number of ether oxygens (including phenoxy) is 1. The molecule has 0 fully saturated rings. The largest absolute Gasteiger partial charge is 0.480 e. The highest BCUT2D eigenvalue weighted by Crippen LogP contribution is 2.26. The Morgan fingerprint density at radius 3 is 2.43 bits per heavy atom. The number of halogens is 2. The second-order valence-electron chi connectivity index (χ2n) is 11.6. The predicted molar refractivity (Wildman–Crippen MR) is 166 cm³/mol. The summed E-state index contributed by atoms with van der Waals surface area (Å²) in [4.78, 5) is 41.1. The first-order valence-electron chi connectivity index (χ1n) is 14.3. The topological polar surface area (TPSA) is 161 Å². The van der Waals surface area contributed by atoms with Crippen molar-refractivity contribution in [1.29, 1.82) is 0 Å². The lowest BCUT2D eigenvalue weighted by molar-refractivity contribution is -0.139. The van der Waals surface area contributed by atoms with Crippen molar-refractivity contribution in [2.45, 2.75) is 45.8 Å². The zero-order valence-electron chi connectivity index (χ0n) is 25.7. The first-order valence-corrected chi connectivity index (χ1v) is 14.3. The third-order valence-corrected chi connectivity index (χ3v) is 6.77. The van der Waals surface area contributed by atoms with Crippen LogP contribution in [0, 0.1) is 18.6 Å². The van der Waals surface area contributed by atoms with Crippen LogP contribution in [0.25, 0.3) is 28.5 Å². The molecule has 14 heteroatoms. The molecule has 2 heterocycles. The fourth-order valence-electron chi connectivity index (χ4n) is 4.46. The van der Waals surface area contributed by atoms with Crippen LogP contribution in [0.5, 0.6) is 0 Å². The normalized spacial score (nSPS) is 12.0. The second-order valence-corrected chi connectivity index (χ2v) is 11.6. The maximum Gasteiger partial charge on any atom is 0.412 e. The number of aliphatic carboxylic acids is 1. The number of carbonyl (C=O) groups excluding carboxylic acids is 2. The van der Waals surface area contributed by atoms with Gasteiger partial charge in [0.2, 0.25) is 5.82 Å². The van der Waals surface area contributed by atoms with Crippen molar-refractivity contribution in [2.24, 2.45) is 0 Å². The zero-order valence-corrected chi connectivity index (χ0v) is 25.7. The molecule has 3 N–H and O–H groups in total. The number of amides is 2. The lowest BCUT2D eigenvalue weighted by Crippen LogP contribution is -2.42. The van der Waals surface area contributed by atoms with Crippen molar-refractivity contribution < 1.29 is 37.5 Å². The lowest BCUT2D eigenvalue weighted by atomic mass is 10.0. The molecule has 5 rings (SSSR count). The molecule has 0 aliphatic rings. The smallest absolute Gasteiger partial charge is 0.412 e. The van der Waals surface area contributed by atoms with Crippen molar-refractivity contribution >= 4 is 23.7 Å². The van der Waals surface area contributed by atoms with Gasteiger partial charge in [-0.15, -0.1) is 0 Å². The average molecular weight is 645 g/mol. The van der Waals surface area contributed by atoms with Gasteiger partial charge in [-0.05, 0) is 93.4 Å². The van der Waals surface area contributed by atoms with Crippen LogP contribution in [0.1, 0.15) is 42.3 Å². The average Bonchev–Trinajstić information content (AvgIpc) is 3.69. The molecular weight excluding hydrogens is 614 g/mol. The molecule has 0 saturated heterocycles. The number of carboxylic acid groups (broad SMARTS) is 1. The maximum atomic E-state index is 15.2. The number of nitrogens with zero attached hydrogens (tertiary/aromatic N) is 4. The highest BCUT2D eigenvalue weighted by atomic mass is 19.1. The van der Waals surface area contributed by atoms with Gasteiger partial charge < -0.3 is 19.7 Å². The fourth-order valence-corrected chi connectivity index (χ4v) is 4.46. The van der Waals surface area contributed by atoms with E-state index in [1.54, 1.807) is 58.0 Å². The SMILES string of the molecule is Cc1cc(-n2cc(C(=O)NC(Cc3ccc(-c4noc(-c5ccc(NC(=O)OC(C)(C)C)cc5)n4)c(F)c3)C(=O)O)cn2)ccc1F. The van der Waals surface area contributed by atoms with E-state index < -0.39 is 35.4 Å². The van der Waals surface area contributed by atoms with E-state index in [0.29, 0.717) is 28.1 Å². The van der Waals surface area contributed by atoms with E-state index in [2.05, 4.69) is 25.9 Å². The number of aromatic nitrogens is 4. The van der Waals surface area contributed by atoms with Gasteiger partial charge in [-0.1, -0.05) is 11.2 Å². The summed E-state index contributed by atoms with van der Waals surface area (Å²) in [7, 11) is 0. The number of anilines is 1. The summed E-state index contributed by atoms with van der Waals surface area (Å²) in [6.45, 7) is 6.86. The number of nitrogens with one attached hydrogen (secondary N) is 2. The molecule has 12 nitrogen and oxygen atoms in total. The van der Waals surface area contributed by atoms with E-state index in [-0.39, 0.29) is 35.1 Å². The number of carboxylic acids is 1. The van der Waals surface area contributed by atoms with Crippen LogP contribution in [0.4, 0.5) is 19.3 Å². The Kier molecular flexibility index (Phi) is 9.12. The molecule has 2 amide bonds. The number of carbonyl (C=O) groups is 3. The zero-order chi connectivity index (χ0) is 33.9. The van der Waals surface area contributed by atoms with Crippen LogP contribution in [-0.2, 0) is 16.0 Å². The van der Waals surface area contributed by atoms with Gasteiger partial charge in [0.15, 0.2) is 0 Å². The molecule has 2 aromatic heterocycles. The maximum absolute atomic E-state index is 15.2. The van der Waals surface area contributed by atoms with Gasteiger partial charge in [-0.3, -0.25) is 10.1 Å². The van der Waals surface area contributed by atoms with E-state index in [0.717, 1.165) is 6.07 Å². The van der Waals surface area contributed by atoms with Gasteiger partial charge in [0.25, 0.3) is 11.8 Å². The second kappa shape index (κ2) is 13.2. The molecule has 0 aliphatic carbocycles. The number of benzene rings is 3. The van der Waals surface area contributed by atoms with E-state index in [9.17, 15) is 23.9 Å². The summed E-state index contributed by atoms with van der Waals surface area (Å²) in [5, 5.41) is 22.8. The summed E-state index contributed by atoms with van der Waals surface area (Å²) in [6.07, 6.45) is 1.83. The molecule has 0 spiro atoms. The Labute approximate surface area is 267 Å². The molecule has 1 atom stereocenters. The predicted octanol–water partition coefficient (Wildman–Crippen LogP) is 5.95. The number of aryl methyl sites for hydroxylation is 1. The summed E-state index contributed by atoms with van der Waals surface area (Å²) < 4.78 is 40.7. The van der Waals surface area contributed by atoms with Crippen molar-refractivity contribution in [3.63, 3.8) is 0 Å². The van der Waals surface area contributed by atoms with E-state index in [1.165, 1.54) is 41.3 Å². The molecule has 0 bridgehead atoms. The standard InChI is InChI=1S/C33H30F2N6O6/c1-18-13-23(10-12-25(18)34)41-17-21(16-36-41)29(42)38-27(31(43)44)15-19-5-11-24(26(35)14-19)28-39-30(47-40-28)20-6-8-22(9-7-20)37-32(45)46-33(2,3)4/h5-14,16-17,27H,15H2,1-4H3,(H,37,45)(H,38,42)(H,43,44). The van der Waals surface area contributed by atoms with E-state index >= 15 is 4.39 Å². The molecular formula is C33H30F2N6O6. The molecule has 3 aromatic carbocycles. The van der Waals surface area contributed by atoms with Gasteiger partial charge >= 0.3 is 12.1 Å². The molecule has 1 unspecified atom stereocenters. The highest BCUT2D eigenvalue weighted by Gasteiger charge is 2.24. The third-order valence-electron chi connectivity index (χ3n) is 6.77. The first kappa shape index (κ1) is 32.5. The first-order chi connectivity index (χ1) is 22.3. The van der Waals surface area contributed by atoms with E-state index in [4.69, 9.17) is 9.26 Å².